The van der Waals surface area contributed by atoms with Crippen LogP contribution in [0.4, 0.5) is 5.82 Å². The van der Waals surface area contributed by atoms with Gasteiger partial charge in [0.1, 0.15) is 11.6 Å². The number of hydrogen-bond acceptors (Lipinski definition) is 6. The van der Waals surface area contributed by atoms with Crippen molar-refractivity contribution in [3.63, 3.8) is 0 Å². The minimum Gasteiger partial charge on any atom is -0.373 e. The van der Waals surface area contributed by atoms with Gasteiger partial charge in [-0.05, 0) is 66.5 Å². The highest BCUT2D eigenvalue weighted by Crippen LogP contribution is 2.32. The van der Waals surface area contributed by atoms with Crippen molar-refractivity contribution in [2.75, 3.05) is 32.0 Å². The van der Waals surface area contributed by atoms with E-state index in [-0.39, 0.29) is 17.0 Å². The van der Waals surface area contributed by atoms with Gasteiger partial charge in [0.25, 0.3) is 0 Å². The lowest BCUT2D eigenvalue weighted by molar-refractivity contribution is -0.131. The predicted molar refractivity (Wildman–Crippen MR) is 124 cm³/mol. The highest BCUT2D eigenvalue weighted by Gasteiger charge is 2.34. The van der Waals surface area contributed by atoms with E-state index in [1.807, 2.05) is 11.9 Å². The number of hydrogen-bond donors (Lipinski definition) is 3. The molecule has 0 spiro atoms. The van der Waals surface area contributed by atoms with Crippen LogP contribution in [-0.4, -0.2) is 58.5 Å². The van der Waals surface area contributed by atoms with E-state index < -0.39 is 0 Å². The van der Waals surface area contributed by atoms with Crippen molar-refractivity contribution >= 4 is 11.7 Å². The summed E-state index contributed by atoms with van der Waals surface area (Å²) in [6.07, 6.45) is 6.58. The van der Waals surface area contributed by atoms with Crippen LogP contribution in [0.1, 0.15) is 76.4 Å². The van der Waals surface area contributed by atoms with Crippen LogP contribution in [-0.2, 0) is 17.8 Å². The maximum atomic E-state index is 13.2. The Morgan fingerprint density at radius 1 is 1.23 bits per heavy atom. The molecule has 1 saturated heterocycles. The zero-order valence-corrected chi connectivity index (χ0v) is 19.8. The van der Waals surface area contributed by atoms with E-state index in [1.54, 1.807) is 0 Å². The van der Waals surface area contributed by atoms with Crippen LogP contribution < -0.4 is 16.0 Å². The lowest BCUT2D eigenvalue weighted by atomic mass is 9.82. The lowest BCUT2D eigenvalue weighted by Crippen LogP contribution is -2.54. The summed E-state index contributed by atoms with van der Waals surface area (Å²) in [5.41, 5.74) is 3.34. The Kier molecular flexibility index (Phi) is 6.10. The molecule has 4 heterocycles. The normalized spacial score (nSPS) is 23.1. The summed E-state index contributed by atoms with van der Waals surface area (Å²) in [5.74, 6) is 2.48. The first kappa shape index (κ1) is 22.2. The third-order valence-corrected chi connectivity index (χ3v) is 6.65. The summed E-state index contributed by atoms with van der Waals surface area (Å²) < 4.78 is 0. The monoisotopic (exact) mass is 426 g/mol. The van der Waals surface area contributed by atoms with Gasteiger partial charge in [0.05, 0.1) is 12.2 Å². The first-order valence-electron chi connectivity index (χ1n) is 11.7. The number of piperidine rings is 1. The van der Waals surface area contributed by atoms with Gasteiger partial charge in [-0.3, -0.25) is 4.79 Å². The highest BCUT2D eigenvalue weighted by molar-refractivity contribution is 5.79. The zero-order valence-electron chi connectivity index (χ0n) is 19.8. The van der Waals surface area contributed by atoms with Crippen LogP contribution in [0.5, 0.6) is 0 Å². The van der Waals surface area contributed by atoms with Crippen LogP contribution in [0.25, 0.3) is 0 Å². The lowest BCUT2D eigenvalue weighted by Gasteiger charge is -2.41. The average Bonchev–Trinajstić information content (AvgIpc) is 2.70. The van der Waals surface area contributed by atoms with E-state index in [9.17, 15) is 4.79 Å². The summed E-state index contributed by atoms with van der Waals surface area (Å²) in [6.45, 7) is 12.1. The van der Waals surface area contributed by atoms with Gasteiger partial charge in [-0.1, -0.05) is 11.6 Å². The summed E-state index contributed by atoms with van der Waals surface area (Å²) >= 11 is 0. The Balaban J connectivity index is 1.51. The molecular formula is C24H38N6O. The topological polar surface area (TPSA) is 82.2 Å². The van der Waals surface area contributed by atoms with E-state index in [0.717, 1.165) is 62.7 Å². The smallest absolute Gasteiger partial charge is 0.227 e. The molecule has 0 unspecified atom stereocenters. The third-order valence-electron chi connectivity index (χ3n) is 6.65. The number of carbonyl (C=O) groups excluding carboxylic acids is 1. The van der Waals surface area contributed by atoms with Gasteiger partial charge >= 0.3 is 0 Å². The first-order chi connectivity index (χ1) is 14.7. The van der Waals surface area contributed by atoms with Gasteiger partial charge in [-0.15, -0.1) is 0 Å². The second kappa shape index (κ2) is 8.51. The van der Waals surface area contributed by atoms with Crippen molar-refractivity contribution in [2.24, 2.45) is 0 Å². The summed E-state index contributed by atoms with van der Waals surface area (Å²) in [6, 6.07) is 0. The Labute approximate surface area is 186 Å². The predicted octanol–water partition coefficient (Wildman–Crippen LogP) is 2.74. The molecular weight excluding hydrogens is 388 g/mol. The quantitative estimate of drug-likeness (QED) is 0.643. The number of anilines is 1. The fourth-order valence-electron chi connectivity index (χ4n) is 5.63. The summed E-state index contributed by atoms with van der Waals surface area (Å²) in [7, 11) is 1.93. The van der Waals surface area contributed by atoms with E-state index in [4.69, 9.17) is 9.97 Å². The number of carbonyl (C=O) groups is 1. The van der Waals surface area contributed by atoms with Gasteiger partial charge in [0, 0.05) is 42.6 Å². The van der Waals surface area contributed by atoms with Gasteiger partial charge < -0.3 is 20.9 Å². The molecule has 0 bridgehead atoms. The number of nitrogens with zero attached hydrogens (tertiary/aromatic N) is 3. The van der Waals surface area contributed by atoms with Gasteiger partial charge in [-0.2, -0.15) is 0 Å². The van der Waals surface area contributed by atoms with Crippen molar-refractivity contribution in [3.05, 3.63) is 28.7 Å². The van der Waals surface area contributed by atoms with Gasteiger partial charge in [-0.25, -0.2) is 9.97 Å². The van der Waals surface area contributed by atoms with E-state index >= 15 is 0 Å². The van der Waals surface area contributed by atoms with Crippen molar-refractivity contribution in [1.29, 1.82) is 0 Å². The molecule has 0 aliphatic carbocycles. The molecule has 0 radical (unpaired) electrons. The van der Waals surface area contributed by atoms with E-state index in [0.29, 0.717) is 18.9 Å². The Morgan fingerprint density at radius 2 is 1.97 bits per heavy atom. The minimum absolute atomic E-state index is 0.00103. The van der Waals surface area contributed by atoms with Crippen molar-refractivity contribution in [2.45, 2.75) is 83.3 Å². The molecule has 1 fully saturated rings. The standard InChI is InChI=1S/C24H38N6O/c1-23(2)13-16(14-24(3,4)29-23)12-20(31)30-11-8-18-19(15-30)27-21(28-22(18)25-5)17-6-9-26-10-7-17/h13,17,26,29H,6-12,14-15H2,1-5H3,(H,25,27,28). The molecule has 7 nitrogen and oxygen atoms in total. The second-order valence-electron chi connectivity index (χ2n) is 10.6. The molecule has 31 heavy (non-hydrogen) atoms. The fourth-order valence-corrected chi connectivity index (χ4v) is 5.63. The minimum atomic E-state index is -0.0927. The van der Waals surface area contributed by atoms with Gasteiger partial charge in [0.15, 0.2) is 0 Å². The SMILES string of the molecule is CNc1nc(C2CCNCC2)nc2c1CCN(C(=O)CC1=CC(C)(C)NC(C)(C)C1)C2. The number of fused-ring (bicyclic) bond motifs is 1. The molecule has 4 rings (SSSR count). The molecule has 1 amide bonds. The molecule has 3 aliphatic heterocycles. The number of nitrogens with one attached hydrogen (secondary N) is 3. The van der Waals surface area contributed by atoms with Crippen LogP contribution in [0.15, 0.2) is 11.6 Å². The molecule has 1 aromatic heterocycles. The molecule has 3 aliphatic rings. The van der Waals surface area contributed by atoms with Crippen molar-refractivity contribution in [3.8, 4) is 0 Å². The molecule has 0 saturated carbocycles. The fraction of sp³-hybridized carbons (Fsp3) is 0.708. The molecule has 0 atom stereocenters. The Morgan fingerprint density at radius 3 is 2.65 bits per heavy atom. The Bertz CT molecular complexity index is 869. The molecule has 1 aromatic rings. The van der Waals surface area contributed by atoms with Crippen molar-refractivity contribution < 1.29 is 4.79 Å². The third kappa shape index (κ3) is 5.09. The molecule has 7 heteroatoms. The molecule has 170 valence electrons. The average molecular weight is 427 g/mol. The maximum Gasteiger partial charge on any atom is 0.227 e. The Hall–Kier alpha value is -1.99. The maximum absolute atomic E-state index is 13.2. The molecule has 0 aromatic carbocycles. The van der Waals surface area contributed by atoms with Crippen LogP contribution in [0.3, 0.4) is 0 Å². The van der Waals surface area contributed by atoms with E-state index in [1.165, 1.54) is 11.1 Å². The van der Waals surface area contributed by atoms with Crippen LogP contribution >= 0.6 is 0 Å². The van der Waals surface area contributed by atoms with E-state index in [2.05, 4.69) is 49.7 Å². The number of amides is 1. The number of aromatic nitrogens is 2. The largest absolute Gasteiger partial charge is 0.373 e. The molecule has 3 N–H and O–H groups in total. The van der Waals surface area contributed by atoms with Crippen molar-refractivity contribution in [1.82, 2.24) is 25.5 Å². The summed E-state index contributed by atoms with van der Waals surface area (Å²) in [5, 5.41) is 10.3. The number of rotatable bonds is 4. The summed E-state index contributed by atoms with van der Waals surface area (Å²) in [4.78, 5) is 25.1. The first-order valence-corrected chi connectivity index (χ1v) is 11.7. The van der Waals surface area contributed by atoms with Gasteiger partial charge in [0.2, 0.25) is 5.91 Å². The highest BCUT2D eigenvalue weighted by atomic mass is 16.2. The zero-order chi connectivity index (χ0) is 22.2. The van der Waals surface area contributed by atoms with Crippen LogP contribution in [0, 0.1) is 0 Å². The van der Waals surface area contributed by atoms with Crippen LogP contribution in [0.2, 0.25) is 0 Å². The second-order valence-corrected chi connectivity index (χ2v) is 10.6.